The van der Waals surface area contributed by atoms with Gasteiger partial charge < -0.3 is 10.6 Å². The van der Waals surface area contributed by atoms with E-state index in [2.05, 4.69) is 31.4 Å². The Morgan fingerprint density at radius 1 is 0.970 bits per heavy atom. The second kappa shape index (κ2) is 8.65. The second-order valence-corrected chi connectivity index (χ2v) is 11.0. The van der Waals surface area contributed by atoms with Gasteiger partial charge >= 0.3 is 0 Å². The zero-order valence-corrected chi connectivity index (χ0v) is 20.0. The number of halogens is 1. The van der Waals surface area contributed by atoms with Gasteiger partial charge in [0.25, 0.3) is 10.0 Å². The van der Waals surface area contributed by atoms with Gasteiger partial charge in [0.05, 0.1) is 16.1 Å². The van der Waals surface area contributed by atoms with Crippen LogP contribution in [0, 0.1) is 12.7 Å². The van der Waals surface area contributed by atoms with E-state index >= 15 is 0 Å². The van der Waals surface area contributed by atoms with Crippen molar-refractivity contribution in [2.75, 3.05) is 5.32 Å². The van der Waals surface area contributed by atoms with E-state index < -0.39 is 10.0 Å². The first-order chi connectivity index (χ1) is 15.5. The summed E-state index contributed by atoms with van der Waals surface area (Å²) in [6.07, 6.45) is 1.67. The summed E-state index contributed by atoms with van der Waals surface area (Å²) in [5.41, 5.74) is 3.03. The maximum absolute atomic E-state index is 14.4. The molecule has 0 radical (unpaired) electrons. The first kappa shape index (κ1) is 23.0. The van der Waals surface area contributed by atoms with Crippen molar-refractivity contribution in [3.05, 3.63) is 89.9 Å². The Bertz CT molecular complexity index is 1400. The monoisotopic (exact) mass is 465 g/mol. The minimum Gasteiger partial charge on any atom is -0.353 e. The van der Waals surface area contributed by atoms with Crippen molar-refractivity contribution >= 4 is 32.3 Å². The zero-order valence-electron chi connectivity index (χ0n) is 19.2. The summed E-state index contributed by atoms with van der Waals surface area (Å²) in [5, 5.41) is 7.33. The predicted molar refractivity (Wildman–Crippen MR) is 132 cm³/mol. The van der Waals surface area contributed by atoms with Crippen LogP contribution in [0.3, 0.4) is 0 Å². The summed E-state index contributed by atoms with van der Waals surface area (Å²) in [4.78, 5) is 0.208. The van der Waals surface area contributed by atoms with Gasteiger partial charge in [-0.2, -0.15) is 0 Å². The number of hydrogen-bond donors (Lipinski definition) is 2. The topological polar surface area (TPSA) is 63.1 Å². The normalized spacial score (nSPS) is 12.3. The summed E-state index contributed by atoms with van der Waals surface area (Å²) in [7, 11) is -3.81. The highest BCUT2D eigenvalue weighted by Gasteiger charge is 2.22. The molecule has 4 aromatic rings. The Morgan fingerprint density at radius 3 is 2.36 bits per heavy atom. The van der Waals surface area contributed by atoms with Gasteiger partial charge in [-0.25, -0.2) is 16.8 Å². The van der Waals surface area contributed by atoms with Crippen LogP contribution in [0.5, 0.6) is 0 Å². The quantitative estimate of drug-likeness (QED) is 0.369. The number of aryl methyl sites for hydroxylation is 1. The van der Waals surface area contributed by atoms with Gasteiger partial charge in [0.2, 0.25) is 0 Å². The molecule has 4 rings (SSSR count). The molecule has 0 fully saturated rings. The molecule has 2 N–H and O–H groups in total. The third-order valence-electron chi connectivity index (χ3n) is 5.37. The van der Waals surface area contributed by atoms with Gasteiger partial charge in [0, 0.05) is 29.4 Å². The molecule has 7 heteroatoms. The molecular formula is C26H28FN3O2S. The molecule has 1 aromatic heterocycles. The van der Waals surface area contributed by atoms with E-state index in [1.54, 1.807) is 48.7 Å². The van der Waals surface area contributed by atoms with Crippen molar-refractivity contribution in [1.29, 1.82) is 0 Å². The van der Waals surface area contributed by atoms with Crippen LogP contribution in [0.4, 0.5) is 15.8 Å². The van der Waals surface area contributed by atoms with Crippen molar-refractivity contribution in [3.8, 4) is 0 Å². The van der Waals surface area contributed by atoms with Gasteiger partial charge in [0.15, 0.2) is 0 Å². The van der Waals surface area contributed by atoms with Crippen molar-refractivity contribution in [1.82, 2.24) is 9.29 Å². The average molecular weight is 466 g/mol. The van der Waals surface area contributed by atoms with Crippen LogP contribution in [0.25, 0.3) is 10.9 Å². The highest BCUT2D eigenvalue weighted by atomic mass is 32.2. The summed E-state index contributed by atoms with van der Waals surface area (Å²) in [6, 6.07) is 18.8. The lowest BCUT2D eigenvalue weighted by molar-refractivity contribution is 0.425. The van der Waals surface area contributed by atoms with E-state index in [0.717, 1.165) is 16.5 Å². The minimum atomic E-state index is -3.81. The number of benzene rings is 3. The van der Waals surface area contributed by atoms with Gasteiger partial charge in [-0.1, -0.05) is 30.3 Å². The van der Waals surface area contributed by atoms with Gasteiger partial charge in [-0.15, -0.1) is 0 Å². The van der Waals surface area contributed by atoms with Gasteiger partial charge in [0.1, 0.15) is 5.82 Å². The Balaban J connectivity index is 1.83. The predicted octanol–water partition coefficient (Wildman–Crippen LogP) is 5.96. The van der Waals surface area contributed by atoms with Gasteiger partial charge in [-0.3, -0.25) is 0 Å². The van der Waals surface area contributed by atoms with Crippen molar-refractivity contribution in [2.24, 2.45) is 0 Å². The van der Waals surface area contributed by atoms with E-state index in [-0.39, 0.29) is 16.3 Å². The lowest BCUT2D eigenvalue weighted by Gasteiger charge is -2.20. The van der Waals surface area contributed by atoms with Gasteiger partial charge in [-0.05, 0) is 75.2 Å². The minimum absolute atomic E-state index is 0.128. The standard InChI is InChI=1S/C26H28FN3O2S/c1-18-10-13-24(23(27)14-18)29-20-11-12-22-19(16-28-26(2,3)4)17-30(25(22)15-20)33(31,32)21-8-6-5-7-9-21/h5-15,17,28-29H,16H2,1-4H3. The first-order valence-corrected chi connectivity index (χ1v) is 12.2. The molecule has 5 nitrogen and oxygen atoms in total. The van der Waals surface area contributed by atoms with Crippen LogP contribution in [0.1, 0.15) is 31.9 Å². The molecule has 1 heterocycles. The van der Waals surface area contributed by atoms with Crippen LogP contribution in [0.15, 0.2) is 77.8 Å². The number of nitrogens with zero attached hydrogens (tertiary/aromatic N) is 1. The number of rotatable bonds is 6. The summed E-state index contributed by atoms with van der Waals surface area (Å²) < 4.78 is 42.7. The maximum atomic E-state index is 14.4. The molecule has 0 spiro atoms. The first-order valence-electron chi connectivity index (χ1n) is 10.8. The Hall–Kier alpha value is -3.16. The lowest BCUT2D eigenvalue weighted by Crippen LogP contribution is -2.35. The van der Waals surface area contributed by atoms with E-state index in [0.29, 0.717) is 23.4 Å². The fourth-order valence-electron chi connectivity index (χ4n) is 3.63. The summed E-state index contributed by atoms with van der Waals surface area (Å²) >= 11 is 0. The van der Waals surface area contributed by atoms with E-state index in [1.807, 2.05) is 25.1 Å². The van der Waals surface area contributed by atoms with E-state index in [4.69, 9.17) is 0 Å². The molecule has 0 amide bonds. The number of anilines is 2. The largest absolute Gasteiger partial charge is 0.353 e. The fraction of sp³-hybridized carbons (Fsp3) is 0.231. The van der Waals surface area contributed by atoms with Crippen molar-refractivity contribution in [2.45, 2.75) is 44.7 Å². The highest BCUT2D eigenvalue weighted by molar-refractivity contribution is 7.90. The summed E-state index contributed by atoms with van der Waals surface area (Å²) in [6.45, 7) is 8.52. The molecular weight excluding hydrogens is 437 g/mol. The summed E-state index contributed by atoms with van der Waals surface area (Å²) in [5.74, 6) is -0.363. The molecule has 0 unspecified atom stereocenters. The zero-order chi connectivity index (χ0) is 23.8. The molecule has 0 aliphatic heterocycles. The second-order valence-electron chi connectivity index (χ2n) is 9.21. The molecule has 33 heavy (non-hydrogen) atoms. The highest BCUT2D eigenvalue weighted by Crippen LogP contribution is 2.30. The Kier molecular flexibility index (Phi) is 6.03. The van der Waals surface area contributed by atoms with Crippen LogP contribution in [0.2, 0.25) is 0 Å². The lowest BCUT2D eigenvalue weighted by atomic mass is 10.1. The third kappa shape index (κ3) is 4.94. The Labute approximate surface area is 194 Å². The molecule has 0 bridgehead atoms. The maximum Gasteiger partial charge on any atom is 0.268 e. The fourth-order valence-corrected chi connectivity index (χ4v) is 5.03. The van der Waals surface area contributed by atoms with Crippen molar-refractivity contribution in [3.63, 3.8) is 0 Å². The molecule has 0 saturated heterocycles. The van der Waals surface area contributed by atoms with Crippen LogP contribution < -0.4 is 10.6 Å². The number of fused-ring (bicyclic) bond motifs is 1. The van der Waals surface area contributed by atoms with Crippen molar-refractivity contribution < 1.29 is 12.8 Å². The van der Waals surface area contributed by atoms with Crippen LogP contribution in [-0.4, -0.2) is 17.9 Å². The van der Waals surface area contributed by atoms with E-state index in [9.17, 15) is 12.8 Å². The molecule has 172 valence electrons. The molecule has 3 aromatic carbocycles. The Morgan fingerprint density at radius 2 is 1.70 bits per heavy atom. The molecule has 0 aliphatic carbocycles. The SMILES string of the molecule is Cc1ccc(Nc2ccc3c(CNC(C)(C)C)cn(S(=O)(=O)c4ccccc4)c3c2)c(F)c1. The van der Waals surface area contributed by atoms with Crippen LogP contribution >= 0.6 is 0 Å². The number of hydrogen-bond acceptors (Lipinski definition) is 4. The average Bonchev–Trinajstić information content (AvgIpc) is 3.13. The molecule has 0 saturated carbocycles. The molecule has 0 atom stereocenters. The van der Waals surface area contributed by atoms with Crippen LogP contribution in [-0.2, 0) is 16.6 Å². The van der Waals surface area contributed by atoms with E-state index in [1.165, 1.54) is 10.0 Å². The third-order valence-corrected chi connectivity index (χ3v) is 7.05. The molecule has 0 aliphatic rings. The number of aromatic nitrogens is 1. The number of nitrogens with one attached hydrogen (secondary N) is 2. The smallest absolute Gasteiger partial charge is 0.268 e.